The highest BCUT2D eigenvalue weighted by atomic mass is 16.2. The number of nitriles is 1. The van der Waals surface area contributed by atoms with Gasteiger partial charge in [-0.05, 0) is 36.8 Å². The fraction of sp³-hybridized carbons (Fsp3) is 0.150. The van der Waals surface area contributed by atoms with Gasteiger partial charge in [-0.25, -0.2) is 4.90 Å². The normalized spacial score (nSPS) is 12.0. The van der Waals surface area contributed by atoms with Crippen molar-refractivity contribution in [3.8, 4) is 6.07 Å². The molecular formula is C20H20N4O2. The minimum absolute atomic E-state index is 0.102. The summed E-state index contributed by atoms with van der Waals surface area (Å²) in [5, 5.41) is 12.4. The number of hydrogen-bond donors (Lipinski definition) is 2. The molecule has 2 aromatic carbocycles. The van der Waals surface area contributed by atoms with Gasteiger partial charge in [0.25, 0.3) is 5.91 Å². The molecule has 0 saturated heterocycles. The second kappa shape index (κ2) is 8.49. The van der Waals surface area contributed by atoms with Crippen LogP contribution in [0, 0.1) is 11.3 Å². The van der Waals surface area contributed by atoms with Crippen molar-refractivity contribution in [1.29, 1.82) is 5.26 Å². The van der Waals surface area contributed by atoms with Crippen LogP contribution in [0.1, 0.15) is 25.5 Å². The lowest BCUT2D eigenvalue weighted by molar-refractivity contribution is -0.123. The number of amides is 2. The van der Waals surface area contributed by atoms with Gasteiger partial charge < -0.3 is 11.1 Å². The molecule has 0 heterocycles. The molecule has 0 fully saturated rings. The third-order valence-electron chi connectivity index (χ3n) is 3.80. The summed E-state index contributed by atoms with van der Waals surface area (Å²) in [6.45, 7) is 3.18. The molecule has 1 unspecified atom stereocenters. The molecule has 26 heavy (non-hydrogen) atoms. The number of nitrogens with one attached hydrogen (secondary N) is 1. The minimum atomic E-state index is -0.697. The van der Waals surface area contributed by atoms with E-state index in [9.17, 15) is 14.9 Å². The Hall–Kier alpha value is -3.59. The van der Waals surface area contributed by atoms with Crippen LogP contribution < -0.4 is 16.0 Å². The number of imide groups is 1. The van der Waals surface area contributed by atoms with Gasteiger partial charge >= 0.3 is 0 Å². The predicted octanol–water partition coefficient (Wildman–Crippen LogP) is 2.91. The van der Waals surface area contributed by atoms with Gasteiger partial charge in [0.05, 0.1) is 5.69 Å². The van der Waals surface area contributed by atoms with Crippen LogP contribution >= 0.6 is 0 Å². The number of carbonyl (C=O) groups excluding carboxylic acids is 2. The van der Waals surface area contributed by atoms with Gasteiger partial charge in [-0.1, -0.05) is 30.3 Å². The number of nitrogen functional groups attached to an aromatic ring is 1. The van der Waals surface area contributed by atoms with Crippen molar-refractivity contribution in [1.82, 2.24) is 5.32 Å². The molecule has 0 aromatic heterocycles. The highest BCUT2D eigenvalue weighted by Crippen LogP contribution is 2.19. The number of carbonyl (C=O) groups is 2. The van der Waals surface area contributed by atoms with Crippen molar-refractivity contribution in [2.75, 3.05) is 10.6 Å². The van der Waals surface area contributed by atoms with Gasteiger partial charge in [0.15, 0.2) is 0 Å². The maximum atomic E-state index is 12.7. The maximum absolute atomic E-state index is 12.7. The highest BCUT2D eigenvalue weighted by Gasteiger charge is 2.24. The van der Waals surface area contributed by atoms with Crippen LogP contribution in [0.25, 0.3) is 0 Å². The molecule has 2 aromatic rings. The van der Waals surface area contributed by atoms with Crippen molar-refractivity contribution in [3.05, 3.63) is 71.9 Å². The number of rotatable bonds is 5. The van der Waals surface area contributed by atoms with Gasteiger partial charge in [-0.3, -0.25) is 9.59 Å². The van der Waals surface area contributed by atoms with Crippen molar-refractivity contribution in [3.63, 3.8) is 0 Å². The van der Waals surface area contributed by atoms with E-state index in [0.29, 0.717) is 11.4 Å². The van der Waals surface area contributed by atoms with Gasteiger partial charge in [0, 0.05) is 24.9 Å². The van der Waals surface area contributed by atoms with Gasteiger partial charge in [0.2, 0.25) is 5.91 Å². The van der Waals surface area contributed by atoms with Gasteiger partial charge in [-0.2, -0.15) is 5.26 Å². The second-order valence-corrected chi connectivity index (χ2v) is 5.72. The summed E-state index contributed by atoms with van der Waals surface area (Å²) in [4.78, 5) is 25.6. The molecule has 0 aliphatic carbocycles. The smallest absolute Gasteiger partial charge is 0.277 e. The Balaban J connectivity index is 2.23. The predicted molar refractivity (Wildman–Crippen MR) is 101 cm³/mol. The van der Waals surface area contributed by atoms with E-state index in [4.69, 9.17) is 5.73 Å². The van der Waals surface area contributed by atoms with Crippen LogP contribution in [-0.4, -0.2) is 11.8 Å². The molecule has 3 N–H and O–H groups in total. The van der Waals surface area contributed by atoms with Crippen molar-refractivity contribution in [2.45, 2.75) is 19.9 Å². The Morgan fingerprint density at radius 1 is 1.15 bits per heavy atom. The first-order valence-electron chi connectivity index (χ1n) is 8.06. The monoisotopic (exact) mass is 348 g/mol. The number of hydrogen-bond acceptors (Lipinski definition) is 5. The molecule has 0 radical (unpaired) electrons. The molecule has 132 valence electrons. The third kappa shape index (κ3) is 4.48. The Morgan fingerprint density at radius 3 is 2.31 bits per heavy atom. The van der Waals surface area contributed by atoms with E-state index in [0.717, 1.165) is 10.5 Å². The minimum Gasteiger partial charge on any atom is -0.399 e. The van der Waals surface area contributed by atoms with E-state index in [-0.39, 0.29) is 11.6 Å². The van der Waals surface area contributed by atoms with E-state index in [1.165, 1.54) is 13.1 Å². The summed E-state index contributed by atoms with van der Waals surface area (Å²) in [6, 6.07) is 17.7. The molecule has 0 aliphatic rings. The topological polar surface area (TPSA) is 99.2 Å². The number of anilines is 2. The average molecular weight is 348 g/mol. The molecule has 6 nitrogen and oxygen atoms in total. The van der Waals surface area contributed by atoms with Crippen LogP contribution in [0.3, 0.4) is 0 Å². The second-order valence-electron chi connectivity index (χ2n) is 5.72. The van der Waals surface area contributed by atoms with Gasteiger partial charge in [0.1, 0.15) is 11.6 Å². The lowest BCUT2D eigenvalue weighted by Crippen LogP contribution is -2.36. The molecule has 2 amide bonds. The Labute approximate surface area is 152 Å². The van der Waals surface area contributed by atoms with Gasteiger partial charge in [-0.15, -0.1) is 0 Å². The molecule has 0 saturated carbocycles. The van der Waals surface area contributed by atoms with E-state index in [1.807, 2.05) is 43.3 Å². The Morgan fingerprint density at radius 2 is 1.77 bits per heavy atom. The molecule has 0 aliphatic heterocycles. The Kier molecular flexibility index (Phi) is 6.12. The molecule has 0 bridgehead atoms. The summed E-state index contributed by atoms with van der Waals surface area (Å²) in [5.74, 6) is -1.19. The summed E-state index contributed by atoms with van der Waals surface area (Å²) >= 11 is 0. The van der Waals surface area contributed by atoms with Crippen LogP contribution in [-0.2, 0) is 9.59 Å². The first-order chi connectivity index (χ1) is 12.4. The number of nitrogens with two attached hydrogens (primary N) is 1. The largest absolute Gasteiger partial charge is 0.399 e. The fourth-order valence-corrected chi connectivity index (χ4v) is 2.37. The quantitative estimate of drug-likeness (QED) is 0.492. The summed E-state index contributed by atoms with van der Waals surface area (Å²) in [6.07, 6.45) is 1.34. The van der Waals surface area contributed by atoms with E-state index < -0.39 is 11.8 Å². The first kappa shape index (κ1) is 18.7. The summed E-state index contributed by atoms with van der Waals surface area (Å²) in [5.41, 5.74) is 7.35. The highest BCUT2D eigenvalue weighted by molar-refractivity contribution is 6.21. The van der Waals surface area contributed by atoms with Crippen molar-refractivity contribution >= 4 is 23.2 Å². The third-order valence-corrected chi connectivity index (χ3v) is 3.80. The van der Waals surface area contributed by atoms with E-state index in [2.05, 4.69) is 5.32 Å². The van der Waals surface area contributed by atoms with Crippen molar-refractivity contribution in [2.24, 2.45) is 0 Å². The zero-order valence-electron chi connectivity index (χ0n) is 14.6. The Bertz CT molecular complexity index is 852. The molecule has 0 spiro atoms. The van der Waals surface area contributed by atoms with Crippen LogP contribution in [0.15, 0.2) is 66.4 Å². The van der Waals surface area contributed by atoms with E-state index in [1.54, 1.807) is 24.3 Å². The summed E-state index contributed by atoms with van der Waals surface area (Å²) < 4.78 is 0. The zero-order chi connectivity index (χ0) is 19.1. The average Bonchev–Trinajstić information content (AvgIpc) is 2.64. The molecule has 1 atom stereocenters. The van der Waals surface area contributed by atoms with Crippen LogP contribution in [0.2, 0.25) is 0 Å². The number of benzene rings is 2. The van der Waals surface area contributed by atoms with Crippen molar-refractivity contribution < 1.29 is 9.59 Å². The maximum Gasteiger partial charge on any atom is 0.277 e. The summed E-state index contributed by atoms with van der Waals surface area (Å²) in [7, 11) is 0. The standard InChI is InChI=1S/C20H20N4O2/c1-14(16-6-4-3-5-7-16)23-13-17(12-21)20(26)24(15(2)25)19-10-8-18(22)9-11-19/h3-11,13-14,23H,22H2,1-2H3/b17-13-. The van der Waals surface area contributed by atoms with E-state index >= 15 is 0 Å². The lowest BCUT2D eigenvalue weighted by atomic mass is 10.1. The number of nitrogens with zero attached hydrogens (tertiary/aromatic N) is 2. The lowest BCUT2D eigenvalue weighted by Gasteiger charge is -2.19. The molecule has 6 heteroatoms. The SMILES string of the molecule is CC(=O)N(C(=O)/C(C#N)=C\NC(C)c1ccccc1)c1ccc(N)cc1. The zero-order valence-corrected chi connectivity index (χ0v) is 14.6. The fourth-order valence-electron chi connectivity index (χ4n) is 2.37. The molecular weight excluding hydrogens is 328 g/mol. The molecule has 2 rings (SSSR count). The van der Waals surface area contributed by atoms with Crippen LogP contribution in [0.5, 0.6) is 0 Å². The first-order valence-corrected chi connectivity index (χ1v) is 8.06. The van der Waals surface area contributed by atoms with Crippen LogP contribution in [0.4, 0.5) is 11.4 Å².